The van der Waals surface area contributed by atoms with Gasteiger partial charge in [-0.25, -0.2) is 0 Å². The maximum absolute atomic E-state index is 6.75. The first-order valence-corrected chi connectivity index (χ1v) is 17.6. The van der Waals surface area contributed by atoms with Crippen LogP contribution in [0.1, 0.15) is 125 Å². The molecule has 3 fully saturated rings. The number of nitrogens with zero attached hydrogens (tertiary/aromatic N) is 2. The second-order valence-corrected chi connectivity index (χ2v) is 16.4. The number of piperidine rings is 2. The molecule has 8 heteroatoms. The number of hydrogen-bond donors (Lipinski definition) is 0. The number of benzene rings is 2. The van der Waals surface area contributed by atoms with Crippen LogP contribution in [0.3, 0.4) is 0 Å². The number of ether oxygens (including phenoxy) is 4. The van der Waals surface area contributed by atoms with E-state index in [0.29, 0.717) is 52.1 Å². The summed E-state index contributed by atoms with van der Waals surface area (Å²) in [4.78, 5) is 13.4. The molecule has 3 aliphatic rings. The van der Waals surface area contributed by atoms with Crippen LogP contribution in [0.2, 0.25) is 0 Å². The minimum absolute atomic E-state index is 0.0770. The van der Waals surface area contributed by atoms with E-state index in [-0.39, 0.29) is 34.4 Å². The van der Waals surface area contributed by atoms with E-state index < -0.39 is 11.6 Å². The quantitative estimate of drug-likeness (QED) is 0.308. The maximum atomic E-state index is 6.75. The first kappa shape index (κ1) is 36.4. The Morgan fingerprint density at radius 3 is 1.11 bits per heavy atom. The zero-order chi connectivity index (χ0) is 34.1. The monoisotopic (exact) mass is 652 g/mol. The Balaban J connectivity index is 1.27. The Hall–Kier alpha value is -1.88. The highest BCUT2D eigenvalue weighted by Gasteiger charge is 2.57. The van der Waals surface area contributed by atoms with Crippen LogP contribution in [0.25, 0.3) is 0 Å². The summed E-state index contributed by atoms with van der Waals surface area (Å²) in [5.74, 6) is -1.51. The molecule has 2 aromatic carbocycles. The number of hydroxylamine groups is 4. The maximum Gasteiger partial charge on any atom is 0.172 e. The molecule has 3 heterocycles. The lowest BCUT2D eigenvalue weighted by molar-refractivity contribution is -0.375. The fourth-order valence-electron chi connectivity index (χ4n) is 8.67. The fraction of sp³-hybridized carbons (Fsp3) is 0.692. The molecule has 0 saturated carbocycles. The Morgan fingerprint density at radius 2 is 0.787 bits per heavy atom. The van der Waals surface area contributed by atoms with Crippen LogP contribution in [-0.4, -0.2) is 70.3 Å². The van der Waals surface area contributed by atoms with Crippen molar-refractivity contribution in [1.82, 2.24) is 10.1 Å². The molecule has 0 radical (unpaired) electrons. The fourth-order valence-corrected chi connectivity index (χ4v) is 8.67. The van der Waals surface area contributed by atoms with Gasteiger partial charge >= 0.3 is 0 Å². The lowest BCUT2D eigenvalue weighted by Gasteiger charge is -2.58. The minimum atomic E-state index is -0.757. The number of rotatable bonds is 6. The first-order valence-electron chi connectivity index (χ1n) is 17.6. The van der Waals surface area contributed by atoms with Gasteiger partial charge in [-0.05, 0) is 86.8 Å². The van der Waals surface area contributed by atoms with E-state index in [2.05, 4.69) is 128 Å². The summed E-state index contributed by atoms with van der Waals surface area (Å²) in [7, 11) is 0. The van der Waals surface area contributed by atoms with Crippen molar-refractivity contribution in [1.29, 1.82) is 0 Å². The van der Waals surface area contributed by atoms with E-state index in [0.717, 1.165) is 17.5 Å². The zero-order valence-corrected chi connectivity index (χ0v) is 30.6. The van der Waals surface area contributed by atoms with Gasteiger partial charge in [0.1, 0.15) is 12.2 Å². The van der Waals surface area contributed by atoms with Crippen molar-refractivity contribution in [2.24, 2.45) is 0 Å². The molecule has 3 aliphatic heterocycles. The summed E-state index contributed by atoms with van der Waals surface area (Å²) in [5, 5.41) is 4.35. The molecular formula is C39H60N2O6. The van der Waals surface area contributed by atoms with Crippen LogP contribution in [0.4, 0.5) is 0 Å². The molecule has 0 amide bonds. The van der Waals surface area contributed by atoms with Crippen LogP contribution in [-0.2, 0) is 28.6 Å². The van der Waals surface area contributed by atoms with Gasteiger partial charge in [0.15, 0.2) is 11.6 Å². The van der Waals surface area contributed by atoms with Gasteiger partial charge in [-0.1, -0.05) is 60.7 Å². The molecule has 0 aliphatic carbocycles. The largest absolute Gasteiger partial charge is 0.350 e. The van der Waals surface area contributed by atoms with Crippen molar-refractivity contribution in [3.05, 3.63) is 71.8 Å². The molecule has 0 aromatic heterocycles. The molecule has 0 bridgehead atoms. The van der Waals surface area contributed by atoms with Crippen molar-refractivity contribution in [3.63, 3.8) is 0 Å². The summed E-state index contributed by atoms with van der Waals surface area (Å²) in [6, 6.07) is 20.8. The van der Waals surface area contributed by atoms with Gasteiger partial charge in [-0.2, -0.15) is 10.1 Å². The third-order valence-electron chi connectivity index (χ3n) is 9.90. The summed E-state index contributed by atoms with van der Waals surface area (Å²) < 4.78 is 26.9. The second kappa shape index (κ2) is 13.8. The van der Waals surface area contributed by atoms with Crippen molar-refractivity contribution >= 4 is 0 Å². The molecular weight excluding hydrogens is 592 g/mol. The highest BCUT2D eigenvalue weighted by atomic mass is 16.7. The molecule has 2 aromatic rings. The second-order valence-electron chi connectivity index (χ2n) is 16.4. The topological polar surface area (TPSA) is 61.9 Å². The highest BCUT2D eigenvalue weighted by molar-refractivity contribution is 5.18. The molecule has 0 N–H and O–H groups in total. The normalized spacial score (nSPS) is 27.1. The third kappa shape index (κ3) is 8.30. The molecule has 262 valence electrons. The molecule has 2 spiro atoms. The van der Waals surface area contributed by atoms with Crippen LogP contribution >= 0.6 is 0 Å². The van der Waals surface area contributed by atoms with Crippen molar-refractivity contribution in [2.75, 3.05) is 26.4 Å². The smallest absolute Gasteiger partial charge is 0.172 e. The van der Waals surface area contributed by atoms with Gasteiger partial charge in [-0.15, -0.1) is 0 Å². The van der Waals surface area contributed by atoms with Gasteiger partial charge in [0.05, 0.1) is 26.4 Å². The Kier molecular flexibility index (Phi) is 10.7. The molecule has 47 heavy (non-hydrogen) atoms. The third-order valence-corrected chi connectivity index (χ3v) is 9.90. The van der Waals surface area contributed by atoms with Gasteiger partial charge < -0.3 is 18.9 Å². The SMILES string of the molecule is CC(ON1C(C)(C)CC2(CC1(C)C)OCCCOC1(CC(C)(C)N(OC(C)c3ccccc3)C(C)(C)C1)OCCO2)c1ccccc1. The first-order chi connectivity index (χ1) is 22.0. The zero-order valence-electron chi connectivity index (χ0n) is 30.6. The summed E-state index contributed by atoms with van der Waals surface area (Å²) in [5.41, 5.74) is 0.926. The van der Waals surface area contributed by atoms with Gasteiger partial charge in [0.2, 0.25) is 0 Å². The van der Waals surface area contributed by atoms with E-state index in [9.17, 15) is 0 Å². The van der Waals surface area contributed by atoms with Crippen LogP contribution in [0, 0.1) is 0 Å². The summed E-state index contributed by atoms with van der Waals surface area (Å²) in [6.45, 7) is 23.9. The van der Waals surface area contributed by atoms with E-state index in [4.69, 9.17) is 28.6 Å². The van der Waals surface area contributed by atoms with Gasteiger partial charge in [0.25, 0.3) is 0 Å². The molecule has 2 atom stereocenters. The minimum Gasteiger partial charge on any atom is -0.350 e. The van der Waals surface area contributed by atoms with E-state index in [1.807, 2.05) is 12.1 Å². The standard InChI is InChI=1S/C39H60N2O6/c1-30(32-18-13-11-14-19-32)46-40-34(3,4)26-38(27-35(40,5)6)42-22-17-23-43-39(45-25-24-44-38)28-36(7,8)41(37(9,10)29-39)47-31(2)33-20-15-12-16-21-33/h11-16,18-21,30-31H,17,22-29H2,1-10H3. The predicted molar refractivity (Wildman–Crippen MR) is 184 cm³/mol. The highest BCUT2D eigenvalue weighted by Crippen LogP contribution is 2.49. The van der Waals surface area contributed by atoms with Crippen LogP contribution < -0.4 is 0 Å². The van der Waals surface area contributed by atoms with Crippen LogP contribution in [0.15, 0.2) is 60.7 Å². The molecule has 8 nitrogen and oxygen atoms in total. The molecule has 5 rings (SSSR count). The lowest BCUT2D eigenvalue weighted by Crippen LogP contribution is -2.67. The number of hydrogen-bond acceptors (Lipinski definition) is 8. The molecule has 3 saturated heterocycles. The lowest BCUT2D eigenvalue weighted by atomic mass is 9.77. The Morgan fingerprint density at radius 1 is 0.489 bits per heavy atom. The Labute approximate surface area is 283 Å². The Bertz CT molecular complexity index is 1160. The van der Waals surface area contributed by atoms with Gasteiger partial charge in [-0.3, -0.25) is 9.68 Å². The van der Waals surface area contributed by atoms with Crippen LogP contribution in [0.5, 0.6) is 0 Å². The molecule has 2 unspecified atom stereocenters. The summed E-state index contributed by atoms with van der Waals surface area (Å²) in [6.07, 6.45) is 3.27. The average Bonchev–Trinajstić information content (AvgIpc) is 3.02. The van der Waals surface area contributed by atoms with Gasteiger partial charge in [0, 0.05) is 47.8 Å². The predicted octanol–water partition coefficient (Wildman–Crippen LogP) is 8.54. The van der Waals surface area contributed by atoms with Crippen molar-refractivity contribution < 1.29 is 28.6 Å². The van der Waals surface area contributed by atoms with E-state index in [1.54, 1.807) is 0 Å². The van der Waals surface area contributed by atoms with E-state index in [1.165, 1.54) is 0 Å². The average molecular weight is 653 g/mol. The summed E-state index contributed by atoms with van der Waals surface area (Å²) >= 11 is 0. The van der Waals surface area contributed by atoms with Crippen molar-refractivity contribution in [3.8, 4) is 0 Å². The van der Waals surface area contributed by atoms with E-state index >= 15 is 0 Å². The van der Waals surface area contributed by atoms with Crippen molar-refractivity contribution in [2.45, 2.75) is 147 Å².